The average molecular weight is 370 g/mol. The number of benzene rings is 3. The van der Waals surface area contributed by atoms with Crippen LogP contribution < -0.4 is 5.32 Å². The number of rotatable bonds is 3. The first-order valence-corrected chi connectivity index (χ1v) is 7.67. The van der Waals surface area contributed by atoms with Crippen LogP contribution in [0.15, 0.2) is 65.1 Å². The zero-order valence-corrected chi connectivity index (χ0v) is 13.5. The molecule has 0 radical (unpaired) electrons. The number of carbonyl (C=O) groups excluding carboxylic acids is 1. The lowest BCUT2D eigenvalue weighted by molar-refractivity contribution is 0.0698. The molecule has 0 bridgehead atoms. The van der Waals surface area contributed by atoms with Gasteiger partial charge in [-0.05, 0) is 47.2 Å². The summed E-state index contributed by atoms with van der Waals surface area (Å²) in [5.41, 5.74) is 0.802. The smallest absolute Gasteiger partial charge is 0.337 e. The molecule has 0 aliphatic rings. The van der Waals surface area contributed by atoms with Crippen molar-refractivity contribution in [3.05, 3.63) is 76.3 Å². The van der Waals surface area contributed by atoms with Gasteiger partial charge in [0, 0.05) is 10.0 Å². The van der Waals surface area contributed by atoms with Gasteiger partial charge in [0.2, 0.25) is 0 Å². The van der Waals surface area contributed by atoms with Gasteiger partial charge in [0.05, 0.1) is 11.3 Å². The van der Waals surface area contributed by atoms with Crippen LogP contribution in [-0.2, 0) is 0 Å². The van der Waals surface area contributed by atoms with Crippen LogP contribution in [0.3, 0.4) is 0 Å². The van der Waals surface area contributed by atoms with Crippen molar-refractivity contribution in [3.63, 3.8) is 0 Å². The van der Waals surface area contributed by atoms with Gasteiger partial charge in [-0.1, -0.05) is 40.2 Å². The predicted molar refractivity (Wildman–Crippen MR) is 93.0 cm³/mol. The third kappa shape index (κ3) is 3.24. The Bertz CT molecular complexity index is 904. The zero-order chi connectivity index (χ0) is 16.4. The third-order valence-corrected chi connectivity index (χ3v) is 4.00. The second kappa shape index (κ2) is 6.22. The molecule has 1 amide bonds. The van der Waals surface area contributed by atoms with E-state index in [0.29, 0.717) is 5.56 Å². The molecule has 0 atom stereocenters. The number of anilines is 1. The van der Waals surface area contributed by atoms with Crippen LogP contribution in [0, 0.1) is 0 Å². The molecule has 2 N–H and O–H groups in total. The van der Waals surface area contributed by atoms with Gasteiger partial charge >= 0.3 is 5.97 Å². The fourth-order valence-electron chi connectivity index (χ4n) is 2.32. The Balaban J connectivity index is 2.01. The molecule has 0 saturated heterocycles. The number of hydrogen-bond donors (Lipinski definition) is 2. The molecular formula is C18H12BrNO3. The number of carboxylic acid groups (broad SMARTS) is 1. The molecule has 0 unspecified atom stereocenters. The standard InChI is InChI=1S/C18H12BrNO3/c19-14-7-5-11(6-8-14)17(21)20-16-10-13-4-2-1-3-12(13)9-15(16)18(22)23/h1-10H,(H,20,21)(H,22,23). The SMILES string of the molecule is O=C(Nc1cc2ccccc2cc1C(=O)O)c1ccc(Br)cc1. The Kier molecular flexibility index (Phi) is 4.12. The van der Waals surface area contributed by atoms with Crippen molar-refractivity contribution in [2.24, 2.45) is 0 Å². The van der Waals surface area contributed by atoms with Gasteiger partial charge in [-0.2, -0.15) is 0 Å². The normalized spacial score (nSPS) is 10.5. The number of halogens is 1. The Hall–Kier alpha value is -2.66. The lowest BCUT2D eigenvalue weighted by Gasteiger charge is -2.10. The highest BCUT2D eigenvalue weighted by molar-refractivity contribution is 9.10. The summed E-state index contributed by atoms with van der Waals surface area (Å²) in [6.45, 7) is 0. The summed E-state index contributed by atoms with van der Waals surface area (Å²) in [7, 11) is 0. The molecule has 0 spiro atoms. The first kappa shape index (κ1) is 15.2. The van der Waals surface area contributed by atoms with Crippen LogP contribution in [-0.4, -0.2) is 17.0 Å². The van der Waals surface area contributed by atoms with Crippen molar-refractivity contribution in [1.29, 1.82) is 0 Å². The summed E-state index contributed by atoms with van der Waals surface area (Å²) in [6.07, 6.45) is 0. The molecular weight excluding hydrogens is 358 g/mol. The predicted octanol–water partition coefficient (Wildman–Crippen LogP) is 4.55. The molecule has 3 aromatic carbocycles. The summed E-state index contributed by atoms with van der Waals surface area (Å²) in [6, 6.07) is 17.5. The highest BCUT2D eigenvalue weighted by Crippen LogP contribution is 2.25. The van der Waals surface area contributed by atoms with E-state index in [4.69, 9.17) is 0 Å². The van der Waals surface area contributed by atoms with Crippen LogP contribution in [0.4, 0.5) is 5.69 Å². The first-order valence-electron chi connectivity index (χ1n) is 6.87. The lowest BCUT2D eigenvalue weighted by Crippen LogP contribution is -2.14. The Morgan fingerprint density at radius 3 is 2.13 bits per heavy atom. The Morgan fingerprint density at radius 1 is 0.913 bits per heavy atom. The van der Waals surface area contributed by atoms with E-state index in [9.17, 15) is 14.7 Å². The number of hydrogen-bond acceptors (Lipinski definition) is 2. The number of nitrogens with one attached hydrogen (secondary N) is 1. The maximum absolute atomic E-state index is 12.3. The van der Waals surface area contributed by atoms with E-state index >= 15 is 0 Å². The largest absolute Gasteiger partial charge is 0.478 e. The van der Waals surface area contributed by atoms with E-state index in [1.54, 1.807) is 36.4 Å². The Labute approximate surface area is 140 Å². The molecule has 4 nitrogen and oxygen atoms in total. The maximum atomic E-state index is 12.3. The van der Waals surface area contributed by atoms with Crippen LogP contribution in [0.5, 0.6) is 0 Å². The average Bonchev–Trinajstić information content (AvgIpc) is 2.54. The molecule has 0 fully saturated rings. The van der Waals surface area contributed by atoms with E-state index in [-0.39, 0.29) is 17.2 Å². The van der Waals surface area contributed by atoms with E-state index in [1.165, 1.54) is 0 Å². The highest BCUT2D eigenvalue weighted by Gasteiger charge is 2.15. The second-order valence-electron chi connectivity index (χ2n) is 5.01. The van der Waals surface area contributed by atoms with Crippen molar-refractivity contribution in [1.82, 2.24) is 0 Å². The van der Waals surface area contributed by atoms with E-state index < -0.39 is 5.97 Å². The van der Waals surface area contributed by atoms with E-state index in [1.807, 2.05) is 24.3 Å². The highest BCUT2D eigenvalue weighted by atomic mass is 79.9. The number of carbonyl (C=O) groups is 2. The molecule has 0 aliphatic heterocycles. The first-order chi connectivity index (χ1) is 11.0. The van der Waals surface area contributed by atoms with Gasteiger partial charge in [-0.3, -0.25) is 4.79 Å². The van der Waals surface area contributed by atoms with Crippen molar-refractivity contribution in [2.45, 2.75) is 0 Å². The molecule has 0 aromatic heterocycles. The van der Waals surface area contributed by atoms with Crippen molar-refractivity contribution >= 4 is 44.3 Å². The zero-order valence-electron chi connectivity index (χ0n) is 11.9. The van der Waals surface area contributed by atoms with Crippen LogP contribution >= 0.6 is 15.9 Å². The second-order valence-corrected chi connectivity index (χ2v) is 5.93. The summed E-state index contributed by atoms with van der Waals surface area (Å²) < 4.78 is 0.867. The number of amides is 1. The van der Waals surface area contributed by atoms with Crippen molar-refractivity contribution in [2.75, 3.05) is 5.32 Å². The molecule has 23 heavy (non-hydrogen) atoms. The molecule has 0 saturated carbocycles. The summed E-state index contributed by atoms with van der Waals surface area (Å²) in [5, 5.41) is 13.7. The number of fused-ring (bicyclic) bond motifs is 1. The van der Waals surface area contributed by atoms with Gasteiger partial charge in [0.1, 0.15) is 0 Å². The monoisotopic (exact) mass is 369 g/mol. The van der Waals surface area contributed by atoms with Crippen LogP contribution in [0.25, 0.3) is 10.8 Å². The minimum atomic E-state index is -1.08. The van der Waals surface area contributed by atoms with Crippen LogP contribution in [0.2, 0.25) is 0 Å². The summed E-state index contributed by atoms with van der Waals surface area (Å²) >= 11 is 3.31. The van der Waals surface area contributed by atoms with Crippen molar-refractivity contribution in [3.8, 4) is 0 Å². The molecule has 0 heterocycles. The molecule has 114 valence electrons. The van der Waals surface area contributed by atoms with Gasteiger partial charge < -0.3 is 10.4 Å². The number of carboxylic acids is 1. The number of aromatic carboxylic acids is 1. The molecule has 5 heteroatoms. The minimum Gasteiger partial charge on any atom is -0.478 e. The van der Waals surface area contributed by atoms with Gasteiger partial charge in [0.15, 0.2) is 0 Å². The van der Waals surface area contributed by atoms with Crippen LogP contribution in [0.1, 0.15) is 20.7 Å². The fraction of sp³-hybridized carbons (Fsp3) is 0. The minimum absolute atomic E-state index is 0.0640. The van der Waals surface area contributed by atoms with Gasteiger partial charge in [0.25, 0.3) is 5.91 Å². The van der Waals surface area contributed by atoms with E-state index in [0.717, 1.165) is 15.2 Å². The third-order valence-electron chi connectivity index (χ3n) is 3.47. The molecule has 0 aliphatic carbocycles. The Morgan fingerprint density at radius 2 is 1.52 bits per heavy atom. The van der Waals surface area contributed by atoms with Gasteiger partial charge in [-0.15, -0.1) is 0 Å². The molecule has 3 rings (SSSR count). The van der Waals surface area contributed by atoms with Gasteiger partial charge in [-0.25, -0.2) is 4.79 Å². The van der Waals surface area contributed by atoms with Crippen molar-refractivity contribution < 1.29 is 14.7 Å². The lowest BCUT2D eigenvalue weighted by atomic mass is 10.0. The quantitative estimate of drug-likeness (QED) is 0.711. The topological polar surface area (TPSA) is 66.4 Å². The summed E-state index contributed by atoms with van der Waals surface area (Å²) in [5.74, 6) is -1.43. The molecule has 3 aromatic rings. The summed E-state index contributed by atoms with van der Waals surface area (Å²) in [4.78, 5) is 23.8. The van der Waals surface area contributed by atoms with E-state index in [2.05, 4.69) is 21.2 Å². The fourth-order valence-corrected chi connectivity index (χ4v) is 2.58. The maximum Gasteiger partial charge on any atom is 0.337 e.